The Hall–Kier alpha value is -1.14. The minimum Gasteiger partial charge on any atom is -0.406 e. The van der Waals surface area contributed by atoms with Crippen molar-refractivity contribution in [1.29, 1.82) is 0 Å². The van der Waals surface area contributed by atoms with E-state index in [0.717, 1.165) is 26.1 Å². The first-order valence-corrected chi connectivity index (χ1v) is 8.33. The minimum absolute atomic E-state index is 0.126. The van der Waals surface area contributed by atoms with Gasteiger partial charge in [-0.3, -0.25) is 4.90 Å². The fourth-order valence-electron chi connectivity index (χ4n) is 3.36. The molecule has 6 heteroatoms. The van der Waals surface area contributed by atoms with E-state index in [0.29, 0.717) is 17.9 Å². The molecule has 0 saturated carbocycles. The van der Waals surface area contributed by atoms with Crippen LogP contribution >= 0.6 is 0 Å². The molecule has 0 bridgehead atoms. The van der Waals surface area contributed by atoms with Gasteiger partial charge >= 0.3 is 6.01 Å². The van der Waals surface area contributed by atoms with Gasteiger partial charge in [0.25, 0.3) is 0 Å². The van der Waals surface area contributed by atoms with Gasteiger partial charge in [-0.25, -0.2) is 0 Å². The smallest absolute Gasteiger partial charge is 0.318 e. The van der Waals surface area contributed by atoms with Gasteiger partial charge in [0.1, 0.15) is 0 Å². The zero-order chi connectivity index (χ0) is 14.7. The highest BCUT2D eigenvalue weighted by molar-refractivity contribution is 5.25. The van der Waals surface area contributed by atoms with E-state index in [2.05, 4.69) is 39.2 Å². The number of aromatic nitrogens is 2. The Morgan fingerprint density at radius 2 is 2.14 bits per heavy atom. The van der Waals surface area contributed by atoms with Crippen molar-refractivity contribution >= 4 is 6.01 Å². The van der Waals surface area contributed by atoms with Gasteiger partial charge in [0.15, 0.2) is 0 Å². The summed E-state index contributed by atoms with van der Waals surface area (Å²) in [7, 11) is 0. The van der Waals surface area contributed by atoms with Crippen LogP contribution in [0.3, 0.4) is 0 Å². The predicted molar refractivity (Wildman–Crippen MR) is 82.4 cm³/mol. The summed E-state index contributed by atoms with van der Waals surface area (Å²) in [6, 6.07) is 1.49. The van der Waals surface area contributed by atoms with Crippen molar-refractivity contribution in [3.63, 3.8) is 0 Å². The molecule has 0 spiro atoms. The van der Waals surface area contributed by atoms with Gasteiger partial charge in [-0.2, -0.15) is 0 Å². The molecule has 21 heavy (non-hydrogen) atoms. The van der Waals surface area contributed by atoms with Crippen LogP contribution in [0.25, 0.3) is 0 Å². The minimum atomic E-state index is 0.126. The maximum Gasteiger partial charge on any atom is 0.318 e. The summed E-state index contributed by atoms with van der Waals surface area (Å²) in [6.45, 7) is 9.71. The van der Waals surface area contributed by atoms with Gasteiger partial charge < -0.3 is 14.6 Å². The van der Waals surface area contributed by atoms with Crippen LogP contribution in [0.15, 0.2) is 4.42 Å². The molecule has 2 aliphatic heterocycles. The first-order valence-electron chi connectivity index (χ1n) is 8.33. The van der Waals surface area contributed by atoms with Gasteiger partial charge in [0.05, 0.1) is 6.04 Å². The summed E-state index contributed by atoms with van der Waals surface area (Å²) in [4.78, 5) is 4.89. The lowest BCUT2D eigenvalue weighted by Gasteiger charge is -2.24. The summed E-state index contributed by atoms with van der Waals surface area (Å²) < 4.78 is 5.91. The van der Waals surface area contributed by atoms with Gasteiger partial charge in [-0.1, -0.05) is 12.0 Å². The first-order chi connectivity index (χ1) is 10.3. The van der Waals surface area contributed by atoms with Crippen LogP contribution in [0.5, 0.6) is 0 Å². The quantitative estimate of drug-likeness (QED) is 0.893. The Morgan fingerprint density at radius 3 is 3.00 bits per heavy atom. The summed E-state index contributed by atoms with van der Waals surface area (Å²) in [5.41, 5.74) is 0. The number of anilines is 1. The van der Waals surface area contributed by atoms with E-state index in [1.807, 2.05) is 0 Å². The molecule has 2 saturated heterocycles. The van der Waals surface area contributed by atoms with Crippen molar-refractivity contribution in [2.24, 2.45) is 0 Å². The SMILES string of the molecule is CCCNC(C)c1nnc(N2CCCN3CCCC3C2)o1. The zero-order valence-electron chi connectivity index (χ0n) is 13.2. The fourth-order valence-corrected chi connectivity index (χ4v) is 3.36. The molecule has 0 radical (unpaired) electrons. The van der Waals surface area contributed by atoms with Gasteiger partial charge in [0.2, 0.25) is 5.89 Å². The van der Waals surface area contributed by atoms with Crippen molar-refractivity contribution in [3.05, 3.63) is 5.89 Å². The molecule has 2 fully saturated rings. The molecule has 0 amide bonds. The molecule has 6 nitrogen and oxygen atoms in total. The van der Waals surface area contributed by atoms with E-state index >= 15 is 0 Å². The summed E-state index contributed by atoms with van der Waals surface area (Å²) in [5.74, 6) is 0.700. The lowest BCUT2D eigenvalue weighted by Crippen LogP contribution is -2.36. The summed E-state index contributed by atoms with van der Waals surface area (Å²) in [5, 5.41) is 11.9. The Kier molecular flexibility index (Phi) is 4.75. The number of fused-ring (bicyclic) bond motifs is 1. The van der Waals surface area contributed by atoms with E-state index in [9.17, 15) is 0 Å². The second-order valence-corrected chi connectivity index (χ2v) is 6.23. The Morgan fingerprint density at radius 1 is 1.29 bits per heavy atom. The third-order valence-electron chi connectivity index (χ3n) is 4.57. The molecule has 1 aromatic rings. The van der Waals surface area contributed by atoms with E-state index in [1.165, 1.54) is 32.4 Å². The van der Waals surface area contributed by atoms with Crippen LogP contribution in [0.1, 0.15) is 51.5 Å². The van der Waals surface area contributed by atoms with Crippen molar-refractivity contribution in [1.82, 2.24) is 20.4 Å². The second-order valence-electron chi connectivity index (χ2n) is 6.23. The normalized spacial score (nSPS) is 24.9. The molecular formula is C15H27N5O. The number of rotatable bonds is 5. The number of nitrogens with zero attached hydrogens (tertiary/aromatic N) is 4. The van der Waals surface area contributed by atoms with Gasteiger partial charge in [0, 0.05) is 25.7 Å². The Labute approximate surface area is 126 Å². The van der Waals surface area contributed by atoms with Crippen molar-refractivity contribution in [3.8, 4) is 0 Å². The van der Waals surface area contributed by atoms with Crippen molar-refractivity contribution in [2.45, 2.75) is 51.6 Å². The van der Waals surface area contributed by atoms with E-state index in [4.69, 9.17) is 4.42 Å². The molecule has 1 N–H and O–H groups in total. The molecule has 3 rings (SSSR count). The van der Waals surface area contributed by atoms with E-state index in [1.54, 1.807) is 0 Å². The molecule has 1 aromatic heterocycles. The fraction of sp³-hybridized carbons (Fsp3) is 0.867. The molecule has 2 unspecified atom stereocenters. The van der Waals surface area contributed by atoms with Crippen LogP contribution in [-0.2, 0) is 0 Å². The lowest BCUT2D eigenvalue weighted by atomic mass is 10.2. The van der Waals surface area contributed by atoms with Crippen LogP contribution in [0.2, 0.25) is 0 Å². The maximum atomic E-state index is 5.91. The van der Waals surface area contributed by atoms with Crippen LogP contribution < -0.4 is 10.2 Å². The van der Waals surface area contributed by atoms with Crippen LogP contribution in [0, 0.1) is 0 Å². The molecule has 2 aliphatic rings. The first kappa shape index (κ1) is 14.8. The summed E-state index contributed by atoms with van der Waals surface area (Å²) in [6.07, 6.45) is 4.91. The van der Waals surface area contributed by atoms with E-state index in [-0.39, 0.29) is 6.04 Å². The molecule has 2 atom stereocenters. The topological polar surface area (TPSA) is 57.4 Å². The highest BCUT2D eigenvalue weighted by atomic mass is 16.4. The lowest BCUT2D eigenvalue weighted by molar-refractivity contribution is 0.272. The van der Waals surface area contributed by atoms with Crippen molar-refractivity contribution in [2.75, 3.05) is 37.6 Å². The molecular weight excluding hydrogens is 266 g/mol. The van der Waals surface area contributed by atoms with Crippen molar-refractivity contribution < 1.29 is 4.42 Å². The van der Waals surface area contributed by atoms with Gasteiger partial charge in [-0.15, -0.1) is 5.10 Å². The maximum absolute atomic E-state index is 5.91. The second kappa shape index (κ2) is 6.75. The highest BCUT2D eigenvalue weighted by Crippen LogP contribution is 2.25. The number of nitrogens with one attached hydrogen (secondary N) is 1. The van der Waals surface area contributed by atoms with Gasteiger partial charge in [-0.05, 0) is 45.7 Å². The zero-order valence-corrected chi connectivity index (χ0v) is 13.2. The monoisotopic (exact) mass is 293 g/mol. The largest absolute Gasteiger partial charge is 0.406 e. The van der Waals surface area contributed by atoms with Crippen LogP contribution in [0.4, 0.5) is 6.01 Å². The Bertz CT molecular complexity index is 449. The highest BCUT2D eigenvalue weighted by Gasteiger charge is 2.30. The van der Waals surface area contributed by atoms with Crippen LogP contribution in [-0.4, -0.2) is 53.9 Å². The molecule has 3 heterocycles. The van der Waals surface area contributed by atoms with E-state index < -0.39 is 0 Å². The average Bonchev–Trinajstić information content (AvgIpc) is 3.10. The number of hydrogen-bond acceptors (Lipinski definition) is 6. The molecule has 0 aliphatic carbocycles. The summed E-state index contributed by atoms with van der Waals surface area (Å²) >= 11 is 0. The molecule has 0 aromatic carbocycles. The predicted octanol–water partition coefficient (Wildman–Crippen LogP) is 1.80. The molecule has 118 valence electrons. The number of hydrogen-bond donors (Lipinski definition) is 1. The standard InChI is InChI=1S/C15H27N5O/c1-3-7-16-12(2)14-17-18-15(21-14)20-10-5-9-19-8-4-6-13(19)11-20/h12-13,16H,3-11H2,1-2H3. The Balaban J connectivity index is 1.64. The average molecular weight is 293 g/mol. The third kappa shape index (κ3) is 3.37. The third-order valence-corrected chi connectivity index (χ3v) is 4.57.